The minimum Gasteiger partial charge on any atom is -0.378 e. The molecule has 6 heteroatoms. The van der Waals surface area contributed by atoms with Crippen molar-refractivity contribution in [2.45, 2.75) is 31.7 Å². The molecule has 2 aromatic rings. The van der Waals surface area contributed by atoms with Crippen molar-refractivity contribution in [3.05, 3.63) is 53.1 Å². The molecule has 1 fully saturated rings. The number of rotatable bonds is 3. The summed E-state index contributed by atoms with van der Waals surface area (Å²) in [6.45, 7) is 3.33. The number of carbonyl (C=O) groups excluding carboxylic acids is 1. The SMILES string of the molecule is CN(C)c1cccc(C(=O)N2CCCC(c3ncc4c(n3)CCNC4)C2)c1. The van der Waals surface area contributed by atoms with Gasteiger partial charge in [-0.25, -0.2) is 9.97 Å². The molecule has 0 radical (unpaired) electrons. The first kappa shape index (κ1) is 17.9. The average molecular weight is 365 g/mol. The smallest absolute Gasteiger partial charge is 0.253 e. The predicted molar refractivity (Wildman–Crippen MR) is 106 cm³/mol. The van der Waals surface area contributed by atoms with Crippen molar-refractivity contribution in [2.75, 3.05) is 38.6 Å². The molecular formula is C21H27N5O. The molecule has 3 heterocycles. The van der Waals surface area contributed by atoms with E-state index in [1.807, 2.05) is 54.4 Å². The predicted octanol–water partition coefficient (Wildman–Crippen LogP) is 2.21. The van der Waals surface area contributed by atoms with Crippen LogP contribution < -0.4 is 10.2 Å². The quantitative estimate of drug-likeness (QED) is 0.904. The molecule has 2 aliphatic rings. The molecule has 2 aliphatic heterocycles. The molecule has 4 rings (SSSR count). The Morgan fingerprint density at radius 3 is 3.07 bits per heavy atom. The fourth-order valence-electron chi connectivity index (χ4n) is 3.92. The van der Waals surface area contributed by atoms with Crippen LogP contribution in [-0.4, -0.2) is 54.5 Å². The zero-order chi connectivity index (χ0) is 18.8. The van der Waals surface area contributed by atoms with Crippen LogP contribution in [0, 0.1) is 0 Å². The number of anilines is 1. The molecular weight excluding hydrogens is 338 g/mol. The Bertz CT molecular complexity index is 835. The highest BCUT2D eigenvalue weighted by atomic mass is 16.2. The summed E-state index contributed by atoms with van der Waals surface area (Å²) in [5.41, 5.74) is 4.16. The van der Waals surface area contributed by atoms with Crippen LogP contribution in [0.5, 0.6) is 0 Å². The van der Waals surface area contributed by atoms with E-state index in [-0.39, 0.29) is 11.8 Å². The molecule has 0 bridgehead atoms. The van der Waals surface area contributed by atoms with Crippen LogP contribution in [0.1, 0.15) is 46.2 Å². The van der Waals surface area contributed by atoms with Crippen LogP contribution in [0.15, 0.2) is 30.5 Å². The van der Waals surface area contributed by atoms with Gasteiger partial charge in [0.1, 0.15) is 5.82 Å². The van der Waals surface area contributed by atoms with E-state index < -0.39 is 0 Å². The molecule has 1 aromatic carbocycles. The number of nitrogens with zero attached hydrogens (tertiary/aromatic N) is 4. The number of likely N-dealkylation sites (tertiary alicyclic amines) is 1. The second-order valence-corrected chi connectivity index (χ2v) is 7.66. The molecule has 1 atom stereocenters. The van der Waals surface area contributed by atoms with Gasteiger partial charge in [0.25, 0.3) is 5.91 Å². The molecule has 0 spiro atoms. The summed E-state index contributed by atoms with van der Waals surface area (Å²) in [5, 5.41) is 3.36. The molecule has 27 heavy (non-hydrogen) atoms. The van der Waals surface area contributed by atoms with Crippen molar-refractivity contribution < 1.29 is 4.79 Å². The van der Waals surface area contributed by atoms with Gasteiger partial charge in [-0.05, 0) is 31.0 Å². The highest BCUT2D eigenvalue weighted by Crippen LogP contribution is 2.27. The second-order valence-electron chi connectivity index (χ2n) is 7.66. The third kappa shape index (κ3) is 3.81. The number of piperidine rings is 1. The monoisotopic (exact) mass is 365 g/mol. The Labute approximate surface area is 160 Å². The van der Waals surface area contributed by atoms with E-state index >= 15 is 0 Å². The van der Waals surface area contributed by atoms with Crippen molar-refractivity contribution in [2.24, 2.45) is 0 Å². The van der Waals surface area contributed by atoms with Crippen molar-refractivity contribution >= 4 is 11.6 Å². The zero-order valence-corrected chi connectivity index (χ0v) is 16.1. The maximum atomic E-state index is 13.0. The fourth-order valence-corrected chi connectivity index (χ4v) is 3.92. The second kappa shape index (κ2) is 7.64. The summed E-state index contributed by atoms with van der Waals surface area (Å²) < 4.78 is 0. The Kier molecular flexibility index (Phi) is 5.07. The lowest BCUT2D eigenvalue weighted by Crippen LogP contribution is -2.39. The maximum absolute atomic E-state index is 13.0. The van der Waals surface area contributed by atoms with Gasteiger partial charge in [-0.3, -0.25) is 4.79 Å². The minimum atomic E-state index is 0.102. The van der Waals surface area contributed by atoms with Crippen LogP contribution in [0.4, 0.5) is 5.69 Å². The molecule has 1 aromatic heterocycles. The van der Waals surface area contributed by atoms with E-state index in [0.29, 0.717) is 6.54 Å². The third-order valence-electron chi connectivity index (χ3n) is 5.51. The number of amides is 1. The van der Waals surface area contributed by atoms with Crippen molar-refractivity contribution in [1.82, 2.24) is 20.2 Å². The summed E-state index contributed by atoms with van der Waals surface area (Å²) in [6, 6.07) is 7.84. The largest absolute Gasteiger partial charge is 0.378 e. The van der Waals surface area contributed by atoms with Gasteiger partial charge in [0.15, 0.2) is 0 Å². The van der Waals surface area contributed by atoms with E-state index in [2.05, 4.69) is 10.3 Å². The Morgan fingerprint density at radius 2 is 2.22 bits per heavy atom. The van der Waals surface area contributed by atoms with Crippen LogP contribution in [0.3, 0.4) is 0 Å². The first-order chi connectivity index (χ1) is 13.1. The fraction of sp³-hybridized carbons (Fsp3) is 0.476. The van der Waals surface area contributed by atoms with E-state index in [4.69, 9.17) is 4.98 Å². The first-order valence-electron chi connectivity index (χ1n) is 9.74. The van der Waals surface area contributed by atoms with E-state index in [9.17, 15) is 4.79 Å². The van der Waals surface area contributed by atoms with E-state index in [1.54, 1.807) is 0 Å². The highest BCUT2D eigenvalue weighted by Gasteiger charge is 2.28. The van der Waals surface area contributed by atoms with Crippen LogP contribution in [0.25, 0.3) is 0 Å². The molecule has 6 nitrogen and oxygen atoms in total. The zero-order valence-electron chi connectivity index (χ0n) is 16.1. The summed E-state index contributed by atoms with van der Waals surface area (Å²) in [4.78, 5) is 26.5. The molecule has 1 N–H and O–H groups in total. The van der Waals surface area contributed by atoms with E-state index in [0.717, 1.165) is 56.0 Å². The minimum absolute atomic E-state index is 0.102. The van der Waals surface area contributed by atoms with Crippen LogP contribution in [0.2, 0.25) is 0 Å². The lowest BCUT2D eigenvalue weighted by Gasteiger charge is -2.32. The number of benzene rings is 1. The molecule has 142 valence electrons. The number of hydrogen-bond donors (Lipinski definition) is 1. The molecule has 0 aliphatic carbocycles. The van der Waals surface area contributed by atoms with E-state index in [1.165, 1.54) is 11.3 Å². The Hall–Kier alpha value is -2.47. The first-order valence-corrected chi connectivity index (χ1v) is 9.74. The highest BCUT2D eigenvalue weighted by molar-refractivity contribution is 5.95. The lowest BCUT2D eigenvalue weighted by molar-refractivity contribution is 0.0704. The number of aromatic nitrogens is 2. The van der Waals surface area contributed by atoms with Gasteiger partial charge < -0.3 is 15.1 Å². The number of nitrogens with one attached hydrogen (secondary N) is 1. The van der Waals surface area contributed by atoms with Gasteiger partial charge in [-0.15, -0.1) is 0 Å². The summed E-state index contributed by atoms with van der Waals surface area (Å²) in [5.74, 6) is 1.22. The van der Waals surface area contributed by atoms with Crippen molar-refractivity contribution in [3.63, 3.8) is 0 Å². The lowest BCUT2D eigenvalue weighted by atomic mass is 9.96. The number of fused-ring (bicyclic) bond motifs is 1. The van der Waals surface area contributed by atoms with Gasteiger partial charge in [0, 0.05) is 81.3 Å². The molecule has 0 saturated carbocycles. The molecule has 1 unspecified atom stereocenters. The summed E-state index contributed by atoms with van der Waals surface area (Å²) in [7, 11) is 3.98. The van der Waals surface area contributed by atoms with Crippen LogP contribution >= 0.6 is 0 Å². The maximum Gasteiger partial charge on any atom is 0.253 e. The summed E-state index contributed by atoms with van der Waals surface area (Å²) in [6.07, 6.45) is 4.95. The van der Waals surface area contributed by atoms with Gasteiger partial charge >= 0.3 is 0 Å². The third-order valence-corrected chi connectivity index (χ3v) is 5.51. The van der Waals surface area contributed by atoms with Crippen molar-refractivity contribution in [3.8, 4) is 0 Å². The van der Waals surface area contributed by atoms with Gasteiger partial charge in [0.2, 0.25) is 0 Å². The average Bonchev–Trinajstić information content (AvgIpc) is 2.73. The Morgan fingerprint density at radius 1 is 1.33 bits per heavy atom. The topological polar surface area (TPSA) is 61.4 Å². The number of carbonyl (C=O) groups is 1. The summed E-state index contributed by atoms with van der Waals surface area (Å²) >= 11 is 0. The number of hydrogen-bond acceptors (Lipinski definition) is 5. The van der Waals surface area contributed by atoms with Gasteiger partial charge in [0.05, 0.1) is 0 Å². The Balaban J connectivity index is 1.51. The molecule has 1 saturated heterocycles. The normalized spacial score (nSPS) is 19.5. The van der Waals surface area contributed by atoms with Gasteiger partial charge in [-0.1, -0.05) is 6.07 Å². The van der Waals surface area contributed by atoms with Gasteiger partial charge in [-0.2, -0.15) is 0 Å². The van der Waals surface area contributed by atoms with Crippen molar-refractivity contribution in [1.29, 1.82) is 0 Å². The van der Waals surface area contributed by atoms with Crippen LogP contribution in [-0.2, 0) is 13.0 Å². The molecule has 1 amide bonds. The standard InChI is InChI=1S/C21H27N5O/c1-25(2)18-7-3-5-15(11-18)21(27)26-10-4-6-16(14-26)20-23-13-17-12-22-9-8-19(17)24-20/h3,5,7,11,13,16,22H,4,6,8-10,12,14H2,1-2H3.